The van der Waals surface area contributed by atoms with Gasteiger partial charge in [-0.25, -0.2) is 4.79 Å². The summed E-state index contributed by atoms with van der Waals surface area (Å²) in [5, 5.41) is 27.6. The number of carboxylic acids is 2. The number of hydrogen-bond acceptors (Lipinski definition) is 9. The Balaban J connectivity index is 2.22. The fourth-order valence-electron chi connectivity index (χ4n) is 4.51. The van der Waals surface area contributed by atoms with Crippen LogP contribution < -0.4 is 10.6 Å². The Morgan fingerprint density at radius 3 is 2.25 bits per heavy atom. The molecule has 242 valence electrons. The number of ether oxygens (including phenoxy) is 1. The van der Waals surface area contributed by atoms with Crippen LogP contribution in [0.4, 0.5) is 0 Å². The number of carbonyl (C=O) groups excluding carboxylic acids is 4. The van der Waals surface area contributed by atoms with Crippen LogP contribution in [-0.2, 0) is 33.5 Å². The van der Waals surface area contributed by atoms with Gasteiger partial charge in [0.15, 0.2) is 12.4 Å². The number of carbonyl (C=O) groups is 6. The van der Waals surface area contributed by atoms with Crippen molar-refractivity contribution < 1.29 is 48.6 Å². The molecule has 4 N–H and O–H groups in total. The number of Topliss-reactive ketones (excluding diaryl/α,β-unsaturated/α-hetero) is 1. The molecule has 2 unspecified atom stereocenters. The molecule has 0 radical (unpaired) electrons. The molecule has 0 saturated carbocycles. The lowest BCUT2D eigenvalue weighted by atomic mass is 9.85. The monoisotopic (exact) mass is 657 g/mol. The Hall–Kier alpha value is -3.71. The molecule has 1 aromatic carbocycles. The van der Waals surface area contributed by atoms with E-state index in [0.29, 0.717) is 12.1 Å². The maximum Gasteiger partial charge on any atom is 0.341 e. The number of nitrogens with zero attached hydrogens (tertiary/aromatic N) is 1. The summed E-state index contributed by atoms with van der Waals surface area (Å²) in [5.41, 5.74) is -1.44. The Morgan fingerprint density at radius 2 is 1.68 bits per heavy atom. The molecule has 0 spiro atoms. The zero-order chi connectivity index (χ0) is 33.0. The lowest BCUT2D eigenvalue weighted by molar-refractivity contribution is -0.148. The number of rotatable bonds is 18. The normalized spacial score (nSPS) is 17.2. The summed E-state index contributed by atoms with van der Waals surface area (Å²) >= 11 is 12.0. The van der Waals surface area contributed by atoms with Crippen molar-refractivity contribution in [3.63, 3.8) is 0 Å². The predicted octanol–water partition coefficient (Wildman–Crippen LogP) is 3.78. The van der Waals surface area contributed by atoms with Gasteiger partial charge in [-0.05, 0) is 30.9 Å². The summed E-state index contributed by atoms with van der Waals surface area (Å²) in [6.45, 7) is 4.70. The van der Waals surface area contributed by atoms with E-state index in [1.54, 1.807) is 13.8 Å². The molecule has 44 heavy (non-hydrogen) atoms. The Morgan fingerprint density at radius 1 is 1.02 bits per heavy atom. The quantitative estimate of drug-likeness (QED) is 0.133. The molecule has 2 rings (SSSR count). The minimum atomic E-state index is -1.61. The van der Waals surface area contributed by atoms with Gasteiger partial charge in [-0.2, -0.15) is 0 Å². The van der Waals surface area contributed by atoms with Gasteiger partial charge in [0.2, 0.25) is 11.5 Å². The molecular formula is C29H37Cl2N3O10. The van der Waals surface area contributed by atoms with Crippen LogP contribution in [0.25, 0.3) is 0 Å². The largest absolute Gasteiger partial charge is 0.481 e. The van der Waals surface area contributed by atoms with E-state index in [2.05, 4.69) is 15.8 Å². The van der Waals surface area contributed by atoms with Gasteiger partial charge in [-0.1, -0.05) is 68.0 Å². The van der Waals surface area contributed by atoms with Gasteiger partial charge in [0.1, 0.15) is 6.04 Å². The smallest absolute Gasteiger partial charge is 0.341 e. The number of hydrogen-bond donors (Lipinski definition) is 4. The van der Waals surface area contributed by atoms with Crippen molar-refractivity contribution in [1.82, 2.24) is 10.6 Å². The predicted molar refractivity (Wildman–Crippen MR) is 160 cm³/mol. The fraction of sp³-hybridized carbons (Fsp3) is 0.552. The lowest BCUT2D eigenvalue weighted by Crippen LogP contribution is -2.54. The third kappa shape index (κ3) is 10.5. The first-order valence-electron chi connectivity index (χ1n) is 14.1. The van der Waals surface area contributed by atoms with Gasteiger partial charge in [0.05, 0.1) is 40.2 Å². The number of amides is 2. The average Bonchev–Trinajstić information content (AvgIpc) is 3.38. The molecule has 1 heterocycles. The number of nitrogens with one attached hydrogen (secondary N) is 2. The van der Waals surface area contributed by atoms with Crippen LogP contribution in [0.1, 0.15) is 82.5 Å². The van der Waals surface area contributed by atoms with Crippen LogP contribution in [-0.4, -0.2) is 75.7 Å². The van der Waals surface area contributed by atoms with E-state index < -0.39 is 66.2 Å². The number of ketones is 1. The molecule has 2 amide bonds. The van der Waals surface area contributed by atoms with Crippen molar-refractivity contribution in [2.24, 2.45) is 11.1 Å². The molecule has 1 aliphatic rings. The number of carboxylic acid groups (broad SMARTS) is 2. The Labute approximate surface area is 264 Å². The Kier molecular flexibility index (Phi) is 14.1. The van der Waals surface area contributed by atoms with Crippen LogP contribution in [0.2, 0.25) is 10.0 Å². The zero-order valence-electron chi connectivity index (χ0n) is 24.7. The number of aliphatic carboxylic acids is 2. The van der Waals surface area contributed by atoms with Crippen LogP contribution >= 0.6 is 23.2 Å². The topological polar surface area (TPSA) is 198 Å². The van der Waals surface area contributed by atoms with Gasteiger partial charge >= 0.3 is 17.9 Å². The summed E-state index contributed by atoms with van der Waals surface area (Å²) in [5.74, 6) is -5.94. The van der Waals surface area contributed by atoms with Gasteiger partial charge < -0.3 is 30.4 Å². The number of unbranched alkanes of at least 4 members (excludes halogenated alkanes) is 2. The highest BCUT2D eigenvalue weighted by Gasteiger charge is 2.49. The highest BCUT2D eigenvalue weighted by Crippen LogP contribution is 2.33. The molecule has 1 aromatic rings. The molecule has 3 atom stereocenters. The standard InChI is InChI=1S/C29H37Cl2N3O10/c1-4-5-6-12-29(14-20(34-44-29)26(16(2)3)33-22(36)10-11-23(37)38)28(42)32-19(13-24(39)40)21(35)15-43-27(41)25-17(30)8-7-9-18(25)31/h7-9,16,19,26H,4-6,10-15H2,1-3H3,(H,32,42)(H,33,36)(H,37,38)(H,39,40)/t19-,26?,29?/m0/s1. The molecular weight excluding hydrogens is 621 g/mol. The van der Waals surface area contributed by atoms with Gasteiger partial charge in [-0.15, -0.1) is 0 Å². The third-order valence-corrected chi connectivity index (χ3v) is 7.53. The van der Waals surface area contributed by atoms with Crippen molar-refractivity contribution in [3.8, 4) is 0 Å². The average molecular weight is 659 g/mol. The van der Waals surface area contributed by atoms with Crippen LogP contribution in [0.5, 0.6) is 0 Å². The van der Waals surface area contributed by atoms with E-state index >= 15 is 0 Å². The van der Waals surface area contributed by atoms with Crippen LogP contribution in [0.15, 0.2) is 23.4 Å². The zero-order valence-corrected chi connectivity index (χ0v) is 26.2. The van der Waals surface area contributed by atoms with E-state index in [-0.39, 0.29) is 47.2 Å². The van der Waals surface area contributed by atoms with Crippen molar-refractivity contribution in [1.29, 1.82) is 0 Å². The maximum atomic E-state index is 13.7. The van der Waals surface area contributed by atoms with Gasteiger partial charge in [0.25, 0.3) is 5.91 Å². The summed E-state index contributed by atoms with van der Waals surface area (Å²) in [4.78, 5) is 79.8. The number of oxime groups is 1. The summed E-state index contributed by atoms with van der Waals surface area (Å²) in [7, 11) is 0. The van der Waals surface area contributed by atoms with Gasteiger partial charge in [0, 0.05) is 12.8 Å². The summed E-state index contributed by atoms with van der Waals surface area (Å²) in [6.07, 6.45) is 0.791. The molecule has 13 nitrogen and oxygen atoms in total. The van der Waals surface area contributed by atoms with Crippen LogP contribution in [0.3, 0.4) is 0 Å². The first-order chi connectivity index (χ1) is 20.7. The minimum absolute atomic E-state index is 0.00803. The van der Waals surface area contributed by atoms with E-state index in [4.69, 9.17) is 37.9 Å². The van der Waals surface area contributed by atoms with Crippen molar-refractivity contribution in [2.75, 3.05) is 6.61 Å². The number of benzene rings is 1. The van der Waals surface area contributed by atoms with Gasteiger partial charge in [-0.3, -0.25) is 24.0 Å². The van der Waals surface area contributed by atoms with E-state index in [1.165, 1.54) is 18.2 Å². The molecule has 0 bridgehead atoms. The molecule has 15 heteroatoms. The van der Waals surface area contributed by atoms with E-state index in [9.17, 15) is 33.9 Å². The molecule has 0 aliphatic carbocycles. The van der Waals surface area contributed by atoms with E-state index in [1.807, 2.05) is 6.92 Å². The number of esters is 1. The second-order valence-corrected chi connectivity index (χ2v) is 11.6. The van der Waals surface area contributed by atoms with Crippen LogP contribution in [0, 0.1) is 5.92 Å². The molecule has 0 fully saturated rings. The van der Waals surface area contributed by atoms with Crippen molar-refractivity contribution in [3.05, 3.63) is 33.8 Å². The highest BCUT2D eigenvalue weighted by molar-refractivity contribution is 6.39. The Bertz CT molecular complexity index is 1270. The lowest BCUT2D eigenvalue weighted by Gasteiger charge is -2.28. The third-order valence-electron chi connectivity index (χ3n) is 6.90. The summed E-state index contributed by atoms with van der Waals surface area (Å²) < 4.78 is 5.04. The SMILES string of the molecule is CCCCCC1(C(=O)N[C@@H](CC(=O)O)C(=O)COC(=O)c2c(Cl)cccc2Cl)CC(C(NC(=O)CCC(=O)O)C(C)C)=NO1. The fourth-order valence-corrected chi connectivity index (χ4v) is 5.06. The summed E-state index contributed by atoms with van der Waals surface area (Å²) in [6, 6.07) is 2.06. The molecule has 1 aliphatic heterocycles. The van der Waals surface area contributed by atoms with Crippen molar-refractivity contribution >= 4 is 64.4 Å². The second kappa shape index (κ2) is 17.0. The number of halogens is 2. The first-order valence-corrected chi connectivity index (χ1v) is 14.9. The molecule has 0 aromatic heterocycles. The van der Waals surface area contributed by atoms with E-state index in [0.717, 1.165) is 12.8 Å². The first kappa shape index (κ1) is 36.5. The van der Waals surface area contributed by atoms with Crippen molar-refractivity contribution in [2.45, 2.75) is 89.8 Å². The second-order valence-electron chi connectivity index (χ2n) is 10.7. The highest BCUT2D eigenvalue weighted by atomic mass is 35.5. The molecule has 0 saturated heterocycles. The minimum Gasteiger partial charge on any atom is -0.481 e. The maximum absolute atomic E-state index is 13.7.